The molecule has 72 valence electrons. The zero-order valence-corrected chi connectivity index (χ0v) is 7.94. The molecular weight excluding hydrogens is 202 g/mol. The van der Waals surface area contributed by atoms with Crippen molar-refractivity contribution in [2.75, 3.05) is 0 Å². The Morgan fingerprint density at radius 3 is 2.71 bits per heavy atom. The first-order chi connectivity index (χ1) is 6.68. The minimum absolute atomic E-state index is 0.418. The molecule has 0 radical (unpaired) electrons. The van der Waals surface area contributed by atoms with Crippen LogP contribution >= 0.6 is 11.6 Å². The van der Waals surface area contributed by atoms with E-state index >= 15 is 0 Å². The summed E-state index contributed by atoms with van der Waals surface area (Å²) in [6, 6.07) is 6.78. The summed E-state index contributed by atoms with van der Waals surface area (Å²) in [5.41, 5.74) is 0.444. The number of pyridine rings is 1. The van der Waals surface area contributed by atoms with E-state index in [0.29, 0.717) is 10.7 Å². The van der Waals surface area contributed by atoms with E-state index in [1.54, 1.807) is 30.5 Å². The quantitative estimate of drug-likeness (QED) is 0.557. The highest BCUT2D eigenvalue weighted by atomic mass is 35.5. The molecule has 0 unspecified atom stereocenters. The lowest BCUT2D eigenvalue weighted by Gasteiger charge is -2.05. The van der Waals surface area contributed by atoms with Crippen LogP contribution in [0.15, 0.2) is 30.5 Å². The highest BCUT2D eigenvalue weighted by Gasteiger charge is 2.05. The zero-order chi connectivity index (χ0) is 10.1. The van der Waals surface area contributed by atoms with E-state index in [9.17, 15) is 0 Å². The fourth-order valence-electron chi connectivity index (χ4n) is 1.32. The number of benzene rings is 1. The lowest BCUT2D eigenvalue weighted by molar-refractivity contribution is -0.0423. The van der Waals surface area contributed by atoms with Gasteiger partial charge >= 0.3 is 0 Å². The van der Waals surface area contributed by atoms with E-state index in [4.69, 9.17) is 21.8 Å². The Kier molecular flexibility index (Phi) is 2.37. The van der Waals surface area contributed by atoms with Gasteiger partial charge in [-0.25, -0.2) is 4.98 Å². The molecule has 0 aliphatic heterocycles. The van der Waals surface area contributed by atoms with Gasteiger partial charge in [0.15, 0.2) is 6.29 Å². The Labute approximate surface area is 85.6 Å². The molecular formula is C10H8ClNO2. The van der Waals surface area contributed by atoms with Crippen molar-refractivity contribution < 1.29 is 10.2 Å². The van der Waals surface area contributed by atoms with E-state index in [1.807, 2.05) is 0 Å². The number of aromatic nitrogens is 1. The molecule has 0 amide bonds. The van der Waals surface area contributed by atoms with Crippen LogP contribution in [0.25, 0.3) is 10.8 Å². The van der Waals surface area contributed by atoms with Gasteiger partial charge in [-0.15, -0.1) is 0 Å². The summed E-state index contributed by atoms with van der Waals surface area (Å²) in [6.07, 6.45) is 0.129. The third-order valence-corrected chi connectivity index (χ3v) is 2.34. The van der Waals surface area contributed by atoms with Gasteiger partial charge in [0, 0.05) is 17.1 Å². The van der Waals surface area contributed by atoms with Gasteiger partial charge < -0.3 is 10.2 Å². The molecule has 2 N–H and O–H groups in total. The SMILES string of the molecule is OC(O)c1ccc2c(Cl)nccc2c1. The van der Waals surface area contributed by atoms with Crippen LogP contribution in [0.3, 0.4) is 0 Å². The minimum atomic E-state index is -1.45. The fraction of sp³-hybridized carbons (Fsp3) is 0.100. The lowest BCUT2D eigenvalue weighted by Crippen LogP contribution is -1.94. The summed E-state index contributed by atoms with van der Waals surface area (Å²) < 4.78 is 0. The number of halogens is 1. The Bertz CT molecular complexity index is 471. The van der Waals surface area contributed by atoms with Gasteiger partial charge in [-0.1, -0.05) is 23.7 Å². The van der Waals surface area contributed by atoms with Crippen molar-refractivity contribution in [1.82, 2.24) is 4.98 Å². The van der Waals surface area contributed by atoms with E-state index in [2.05, 4.69) is 4.98 Å². The van der Waals surface area contributed by atoms with Crippen molar-refractivity contribution in [3.8, 4) is 0 Å². The molecule has 4 heteroatoms. The second kappa shape index (κ2) is 3.53. The monoisotopic (exact) mass is 209 g/mol. The number of aliphatic hydroxyl groups is 2. The summed E-state index contributed by atoms with van der Waals surface area (Å²) >= 11 is 5.85. The molecule has 14 heavy (non-hydrogen) atoms. The number of rotatable bonds is 1. The van der Waals surface area contributed by atoms with Crippen molar-refractivity contribution in [3.63, 3.8) is 0 Å². The molecule has 1 aromatic heterocycles. The summed E-state index contributed by atoms with van der Waals surface area (Å²) in [5, 5.41) is 20.0. The highest BCUT2D eigenvalue weighted by Crippen LogP contribution is 2.23. The summed E-state index contributed by atoms with van der Waals surface area (Å²) in [4.78, 5) is 3.92. The van der Waals surface area contributed by atoms with Crippen LogP contribution in [0, 0.1) is 0 Å². The van der Waals surface area contributed by atoms with E-state index in [1.165, 1.54) is 0 Å². The van der Waals surface area contributed by atoms with Crippen molar-refractivity contribution in [3.05, 3.63) is 41.2 Å². The largest absolute Gasteiger partial charge is 0.364 e. The molecule has 3 nitrogen and oxygen atoms in total. The Morgan fingerprint density at radius 1 is 1.21 bits per heavy atom. The van der Waals surface area contributed by atoms with Crippen LogP contribution in [-0.4, -0.2) is 15.2 Å². The Balaban J connectivity index is 2.67. The van der Waals surface area contributed by atoms with Gasteiger partial charge in [-0.3, -0.25) is 0 Å². The summed E-state index contributed by atoms with van der Waals surface area (Å²) in [7, 11) is 0. The van der Waals surface area contributed by atoms with Crippen LogP contribution in [0.5, 0.6) is 0 Å². The first-order valence-electron chi connectivity index (χ1n) is 4.09. The number of nitrogens with zero attached hydrogens (tertiary/aromatic N) is 1. The normalized spacial score (nSPS) is 11.1. The molecule has 0 aliphatic carbocycles. The first kappa shape index (κ1) is 9.40. The lowest BCUT2D eigenvalue weighted by atomic mass is 10.1. The molecule has 0 atom stereocenters. The maximum atomic E-state index is 8.96. The molecule has 0 saturated heterocycles. The van der Waals surface area contributed by atoms with Gasteiger partial charge in [-0.05, 0) is 17.5 Å². The molecule has 0 aliphatic rings. The van der Waals surface area contributed by atoms with Crippen molar-refractivity contribution in [2.45, 2.75) is 6.29 Å². The Hall–Kier alpha value is -1.16. The molecule has 1 aromatic carbocycles. The first-order valence-corrected chi connectivity index (χ1v) is 4.46. The van der Waals surface area contributed by atoms with Crippen molar-refractivity contribution >= 4 is 22.4 Å². The van der Waals surface area contributed by atoms with Gasteiger partial charge in [0.25, 0.3) is 0 Å². The van der Waals surface area contributed by atoms with E-state index in [-0.39, 0.29) is 0 Å². The molecule has 1 heterocycles. The topological polar surface area (TPSA) is 53.4 Å². The second-order valence-corrected chi connectivity index (χ2v) is 3.31. The number of hydrogen-bond donors (Lipinski definition) is 2. The highest BCUT2D eigenvalue weighted by molar-refractivity contribution is 6.34. The van der Waals surface area contributed by atoms with Gasteiger partial charge in [0.1, 0.15) is 5.15 Å². The summed E-state index contributed by atoms with van der Waals surface area (Å²) in [5.74, 6) is 0. The Morgan fingerprint density at radius 2 is 2.00 bits per heavy atom. The molecule has 2 rings (SSSR count). The van der Waals surface area contributed by atoms with Crippen LogP contribution in [0.2, 0.25) is 5.15 Å². The number of hydrogen-bond acceptors (Lipinski definition) is 3. The minimum Gasteiger partial charge on any atom is -0.364 e. The van der Waals surface area contributed by atoms with E-state index < -0.39 is 6.29 Å². The molecule has 0 fully saturated rings. The zero-order valence-electron chi connectivity index (χ0n) is 7.18. The third-order valence-electron chi connectivity index (χ3n) is 2.04. The molecule has 0 saturated carbocycles. The third kappa shape index (κ3) is 1.57. The second-order valence-electron chi connectivity index (χ2n) is 2.96. The maximum Gasteiger partial charge on any atom is 0.178 e. The standard InChI is InChI=1S/C10H8ClNO2/c11-9-8-2-1-7(10(13)14)5-6(8)3-4-12-9/h1-5,10,13-14H. The number of fused-ring (bicyclic) bond motifs is 1. The van der Waals surface area contributed by atoms with Crippen LogP contribution in [0.1, 0.15) is 11.9 Å². The molecule has 2 aromatic rings. The van der Waals surface area contributed by atoms with Gasteiger partial charge in [0.2, 0.25) is 0 Å². The van der Waals surface area contributed by atoms with Gasteiger partial charge in [0.05, 0.1) is 0 Å². The molecule has 0 bridgehead atoms. The van der Waals surface area contributed by atoms with Crippen LogP contribution in [0.4, 0.5) is 0 Å². The fourth-order valence-corrected chi connectivity index (χ4v) is 1.55. The average Bonchev–Trinajstić information content (AvgIpc) is 2.17. The molecule has 0 spiro atoms. The maximum absolute atomic E-state index is 8.96. The summed E-state index contributed by atoms with van der Waals surface area (Å²) in [6.45, 7) is 0. The predicted molar refractivity (Wildman–Crippen MR) is 53.9 cm³/mol. The average molecular weight is 210 g/mol. The smallest absolute Gasteiger partial charge is 0.178 e. The van der Waals surface area contributed by atoms with E-state index in [0.717, 1.165) is 10.8 Å². The number of aliphatic hydroxyl groups excluding tert-OH is 1. The predicted octanol–water partition coefficient (Wildman–Crippen LogP) is 1.87. The van der Waals surface area contributed by atoms with Gasteiger partial charge in [-0.2, -0.15) is 0 Å². The van der Waals surface area contributed by atoms with Crippen LogP contribution < -0.4 is 0 Å². The van der Waals surface area contributed by atoms with Crippen molar-refractivity contribution in [1.29, 1.82) is 0 Å². The van der Waals surface area contributed by atoms with Crippen LogP contribution in [-0.2, 0) is 0 Å². The van der Waals surface area contributed by atoms with Crippen molar-refractivity contribution in [2.24, 2.45) is 0 Å².